The topological polar surface area (TPSA) is 44.3 Å². The number of hydrogen-bond donors (Lipinski definition) is 3. The molecule has 1 unspecified atom stereocenters. The van der Waals surface area contributed by atoms with Crippen LogP contribution in [0.3, 0.4) is 0 Å². The van der Waals surface area contributed by atoms with E-state index < -0.39 is 0 Å². The van der Waals surface area contributed by atoms with E-state index in [9.17, 15) is 5.11 Å². The van der Waals surface area contributed by atoms with Gasteiger partial charge in [0.15, 0.2) is 0 Å². The third kappa shape index (κ3) is 4.49. The Bertz CT molecular complexity index is 357. The number of nitrogens with one attached hydrogen (secondary N) is 2. The van der Waals surface area contributed by atoms with Gasteiger partial charge in [0.2, 0.25) is 0 Å². The third-order valence-corrected chi connectivity index (χ3v) is 2.90. The Labute approximate surface area is 104 Å². The summed E-state index contributed by atoms with van der Waals surface area (Å²) in [6.07, 6.45) is 3.17. The summed E-state index contributed by atoms with van der Waals surface area (Å²) in [6, 6.07) is 7.51. The van der Waals surface area contributed by atoms with Gasteiger partial charge in [-0.25, -0.2) is 0 Å². The summed E-state index contributed by atoms with van der Waals surface area (Å²) < 4.78 is 0. The molecule has 3 nitrogen and oxygen atoms in total. The molecule has 0 saturated carbocycles. The molecule has 94 valence electrons. The maximum absolute atomic E-state index is 9.24. The van der Waals surface area contributed by atoms with Crippen LogP contribution in [-0.4, -0.2) is 24.7 Å². The highest BCUT2D eigenvalue weighted by molar-refractivity contribution is 5.48. The number of allylic oxidation sites excluding steroid dienone is 1. The highest BCUT2D eigenvalue weighted by Gasteiger charge is 2.09. The van der Waals surface area contributed by atoms with Gasteiger partial charge in [-0.3, -0.25) is 0 Å². The van der Waals surface area contributed by atoms with Crippen LogP contribution in [0.2, 0.25) is 0 Å². The minimum atomic E-state index is 0.296. The lowest BCUT2D eigenvalue weighted by molar-refractivity contribution is 0.475. The van der Waals surface area contributed by atoms with E-state index in [-0.39, 0.29) is 0 Å². The molecule has 0 radical (unpaired) electrons. The summed E-state index contributed by atoms with van der Waals surface area (Å²) in [5.74, 6) is 0.296. The molecule has 3 heteroatoms. The van der Waals surface area contributed by atoms with E-state index in [2.05, 4.69) is 30.6 Å². The Kier molecular flexibility index (Phi) is 5.57. The Morgan fingerprint density at radius 2 is 2.00 bits per heavy atom. The van der Waals surface area contributed by atoms with Crippen LogP contribution in [0, 0.1) is 0 Å². The summed E-state index contributed by atoms with van der Waals surface area (Å²) in [5, 5.41) is 15.9. The lowest BCUT2D eigenvalue weighted by Gasteiger charge is -2.20. The van der Waals surface area contributed by atoms with Crippen LogP contribution in [0.15, 0.2) is 35.9 Å². The zero-order chi connectivity index (χ0) is 12.7. The number of phenolic OH excluding ortho intramolecular Hbond substituents is 1. The highest BCUT2D eigenvalue weighted by Crippen LogP contribution is 2.17. The van der Waals surface area contributed by atoms with E-state index in [1.165, 1.54) is 5.57 Å². The quantitative estimate of drug-likeness (QED) is 0.524. The second kappa shape index (κ2) is 6.97. The lowest BCUT2D eigenvalue weighted by Crippen LogP contribution is -2.25. The Hall–Kier alpha value is -1.48. The molecule has 1 rings (SSSR count). The fourth-order valence-electron chi connectivity index (χ4n) is 1.66. The SMILES string of the molecule is C/C=C(\C)C(CCNC)Nc1ccc(O)cc1. The number of anilines is 1. The van der Waals surface area contributed by atoms with Crippen molar-refractivity contribution in [2.45, 2.75) is 26.3 Å². The van der Waals surface area contributed by atoms with Crippen molar-refractivity contribution >= 4 is 5.69 Å². The highest BCUT2D eigenvalue weighted by atomic mass is 16.3. The average molecular weight is 234 g/mol. The predicted molar refractivity (Wildman–Crippen MR) is 73.5 cm³/mol. The van der Waals surface area contributed by atoms with Gasteiger partial charge in [0.05, 0.1) is 0 Å². The second-order valence-corrected chi connectivity index (χ2v) is 4.17. The molecule has 0 bridgehead atoms. The molecule has 0 saturated heterocycles. The molecule has 0 aromatic heterocycles. The number of aromatic hydroxyl groups is 1. The first-order chi connectivity index (χ1) is 8.17. The smallest absolute Gasteiger partial charge is 0.115 e. The molecular weight excluding hydrogens is 212 g/mol. The zero-order valence-corrected chi connectivity index (χ0v) is 10.8. The first-order valence-corrected chi connectivity index (χ1v) is 6.00. The van der Waals surface area contributed by atoms with E-state index in [4.69, 9.17) is 0 Å². The largest absolute Gasteiger partial charge is 0.508 e. The van der Waals surface area contributed by atoms with E-state index in [1.807, 2.05) is 19.2 Å². The van der Waals surface area contributed by atoms with Crippen molar-refractivity contribution in [1.82, 2.24) is 5.32 Å². The van der Waals surface area contributed by atoms with Gasteiger partial charge in [0, 0.05) is 11.7 Å². The van der Waals surface area contributed by atoms with Crippen LogP contribution in [0.5, 0.6) is 5.75 Å². The minimum Gasteiger partial charge on any atom is -0.508 e. The van der Waals surface area contributed by atoms with E-state index >= 15 is 0 Å². The van der Waals surface area contributed by atoms with Crippen molar-refractivity contribution in [2.75, 3.05) is 18.9 Å². The van der Waals surface area contributed by atoms with Crippen LogP contribution >= 0.6 is 0 Å². The van der Waals surface area contributed by atoms with Crippen LogP contribution in [0.4, 0.5) is 5.69 Å². The molecule has 0 aliphatic rings. The predicted octanol–water partition coefficient (Wildman–Crippen LogP) is 2.75. The van der Waals surface area contributed by atoms with Gasteiger partial charge in [-0.2, -0.15) is 0 Å². The Morgan fingerprint density at radius 3 is 2.53 bits per heavy atom. The van der Waals surface area contributed by atoms with Gasteiger partial charge in [-0.05, 0) is 58.1 Å². The lowest BCUT2D eigenvalue weighted by atomic mass is 10.0. The number of hydrogen-bond acceptors (Lipinski definition) is 3. The maximum Gasteiger partial charge on any atom is 0.115 e. The standard InChI is InChI=1S/C14H22N2O/c1-4-11(2)14(9-10-15-3)16-12-5-7-13(17)8-6-12/h4-8,14-17H,9-10H2,1-3H3/b11-4+. The third-order valence-electron chi connectivity index (χ3n) is 2.90. The zero-order valence-electron chi connectivity index (χ0n) is 10.8. The number of phenols is 1. The minimum absolute atomic E-state index is 0.296. The number of rotatable bonds is 6. The molecule has 0 aliphatic carbocycles. The van der Waals surface area contributed by atoms with Crippen molar-refractivity contribution < 1.29 is 5.11 Å². The maximum atomic E-state index is 9.24. The molecule has 0 spiro atoms. The van der Waals surface area contributed by atoms with E-state index in [1.54, 1.807) is 12.1 Å². The van der Waals surface area contributed by atoms with Crippen molar-refractivity contribution in [3.8, 4) is 5.75 Å². The molecule has 1 atom stereocenters. The second-order valence-electron chi connectivity index (χ2n) is 4.17. The molecule has 17 heavy (non-hydrogen) atoms. The van der Waals surface area contributed by atoms with Gasteiger partial charge < -0.3 is 15.7 Å². The molecule has 0 fully saturated rings. The Balaban J connectivity index is 2.68. The van der Waals surface area contributed by atoms with Gasteiger partial charge in [-0.1, -0.05) is 11.6 Å². The van der Waals surface area contributed by atoms with Crippen molar-refractivity contribution in [3.63, 3.8) is 0 Å². The normalized spacial score (nSPS) is 13.5. The molecule has 1 aromatic carbocycles. The van der Waals surface area contributed by atoms with Gasteiger partial charge >= 0.3 is 0 Å². The first-order valence-electron chi connectivity index (χ1n) is 6.00. The molecule has 1 aromatic rings. The fraction of sp³-hybridized carbons (Fsp3) is 0.429. The number of benzene rings is 1. The molecular formula is C14H22N2O. The molecule has 0 aliphatic heterocycles. The van der Waals surface area contributed by atoms with Gasteiger partial charge in [0.25, 0.3) is 0 Å². The summed E-state index contributed by atoms with van der Waals surface area (Å²) in [5.41, 5.74) is 2.36. The molecule has 0 amide bonds. The van der Waals surface area contributed by atoms with Crippen molar-refractivity contribution in [2.24, 2.45) is 0 Å². The van der Waals surface area contributed by atoms with Crippen LogP contribution in [0.25, 0.3) is 0 Å². The summed E-state index contributed by atoms with van der Waals surface area (Å²) in [4.78, 5) is 0. The summed E-state index contributed by atoms with van der Waals surface area (Å²) in [6.45, 7) is 5.16. The van der Waals surface area contributed by atoms with Gasteiger partial charge in [-0.15, -0.1) is 0 Å². The summed E-state index contributed by atoms with van der Waals surface area (Å²) in [7, 11) is 1.96. The Morgan fingerprint density at radius 1 is 1.35 bits per heavy atom. The van der Waals surface area contributed by atoms with E-state index in [0.29, 0.717) is 11.8 Å². The summed E-state index contributed by atoms with van der Waals surface area (Å²) >= 11 is 0. The fourth-order valence-corrected chi connectivity index (χ4v) is 1.66. The van der Waals surface area contributed by atoms with Crippen LogP contribution < -0.4 is 10.6 Å². The van der Waals surface area contributed by atoms with Crippen molar-refractivity contribution in [3.05, 3.63) is 35.9 Å². The van der Waals surface area contributed by atoms with Crippen LogP contribution in [-0.2, 0) is 0 Å². The molecule has 0 heterocycles. The van der Waals surface area contributed by atoms with Gasteiger partial charge in [0.1, 0.15) is 5.75 Å². The van der Waals surface area contributed by atoms with Crippen molar-refractivity contribution in [1.29, 1.82) is 0 Å². The molecule has 3 N–H and O–H groups in total. The average Bonchev–Trinajstić information content (AvgIpc) is 2.36. The first kappa shape index (κ1) is 13.6. The van der Waals surface area contributed by atoms with Crippen LogP contribution in [0.1, 0.15) is 20.3 Å². The van der Waals surface area contributed by atoms with E-state index in [0.717, 1.165) is 18.7 Å². The monoisotopic (exact) mass is 234 g/mol.